The predicted molar refractivity (Wildman–Crippen MR) is 66.6 cm³/mol. The molecule has 0 aromatic rings. The lowest BCUT2D eigenvalue weighted by Crippen LogP contribution is -2.49. The van der Waals surface area contributed by atoms with Gasteiger partial charge in [-0.1, -0.05) is 13.8 Å². The fraction of sp³-hybridized carbons (Fsp3) is 0.833. The normalized spacial score (nSPS) is 21.4. The van der Waals surface area contributed by atoms with Crippen LogP contribution in [-0.2, 0) is 9.59 Å². The van der Waals surface area contributed by atoms with Gasteiger partial charge in [-0.25, -0.2) is 0 Å². The van der Waals surface area contributed by atoms with Crippen molar-refractivity contribution in [2.45, 2.75) is 44.9 Å². The lowest BCUT2D eigenvalue weighted by Gasteiger charge is -2.20. The van der Waals surface area contributed by atoms with E-state index < -0.39 is 36.6 Å². The van der Waals surface area contributed by atoms with Gasteiger partial charge in [0, 0.05) is 6.54 Å². The van der Waals surface area contributed by atoms with E-state index in [0.29, 0.717) is 11.3 Å². The smallest absolute Gasteiger partial charge is 0.343 e. The number of carbonyl (C=O) groups is 2. The van der Waals surface area contributed by atoms with Crippen molar-refractivity contribution >= 4 is 11.8 Å². The Kier molecular flexibility index (Phi) is 5.38. The Morgan fingerprint density at radius 3 is 2.60 bits per heavy atom. The molecular formula is C12H20F3N3O2. The van der Waals surface area contributed by atoms with Gasteiger partial charge in [0.25, 0.3) is 0 Å². The van der Waals surface area contributed by atoms with Gasteiger partial charge in [-0.15, -0.1) is 0 Å². The van der Waals surface area contributed by atoms with Crippen molar-refractivity contribution in [2.24, 2.45) is 11.7 Å². The maximum absolute atomic E-state index is 12.2. The monoisotopic (exact) mass is 295 g/mol. The summed E-state index contributed by atoms with van der Waals surface area (Å²) in [6, 6.07) is -1.65. The van der Waals surface area contributed by atoms with Crippen molar-refractivity contribution in [3.05, 3.63) is 0 Å². The van der Waals surface area contributed by atoms with E-state index in [1.165, 1.54) is 0 Å². The lowest BCUT2D eigenvalue weighted by atomic mass is 10.0. The van der Waals surface area contributed by atoms with Gasteiger partial charge < -0.3 is 16.0 Å². The summed E-state index contributed by atoms with van der Waals surface area (Å²) >= 11 is 0. The molecule has 1 heterocycles. The van der Waals surface area contributed by atoms with Crippen LogP contribution in [0.3, 0.4) is 0 Å². The van der Waals surface area contributed by atoms with Gasteiger partial charge in [0.05, 0.1) is 6.04 Å². The lowest BCUT2D eigenvalue weighted by molar-refractivity contribution is -0.158. The zero-order chi connectivity index (χ0) is 15.5. The second kappa shape index (κ2) is 6.43. The highest BCUT2D eigenvalue weighted by Gasteiger charge is 2.40. The summed E-state index contributed by atoms with van der Waals surface area (Å²) in [6.07, 6.45) is -3.79. The van der Waals surface area contributed by atoms with E-state index >= 15 is 0 Å². The SMILES string of the molecule is CC(C)C[C@H](N)C(=O)NC1CCN(CC(F)(F)F)C1=O. The zero-order valence-electron chi connectivity index (χ0n) is 11.5. The molecule has 0 aromatic heterocycles. The van der Waals surface area contributed by atoms with Gasteiger partial charge in [-0.3, -0.25) is 9.59 Å². The number of hydrogen-bond donors (Lipinski definition) is 2. The number of nitrogens with one attached hydrogen (secondary N) is 1. The molecule has 0 radical (unpaired) electrons. The molecule has 0 spiro atoms. The first-order valence-corrected chi connectivity index (χ1v) is 6.51. The Bertz CT molecular complexity index is 371. The molecule has 0 aliphatic carbocycles. The average Bonchev–Trinajstić information content (AvgIpc) is 2.58. The van der Waals surface area contributed by atoms with Crippen LogP contribution in [0.1, 0.15) is 26.7 Å². The Morgan fingerprint density at radius 1 is 1.50 bits per heavy atom. The first-order valence-electron chi connectivity index (χ1n) is 6.51. The molecule has 1 saturated heterocycles. The average molecular weight is 295 g/mol. The third-order valence-electron chi connectivity index (χ3n) is 3.05. The van der Waals surface area contributed by atoms with Crippen molar-refractivity contribution in [3.63, 3.8) is 0 Å². The third-order valence-corrected chi connectivity index (χ3v) is 3.05. The number of likely N-dealkylation sites (tertiary alicyclic amines) is 1. The summed E-state index contributed by atoms with van der Waals surface area (Å²) in [5.74, 6) is -0.977. The summed E-state index contributed by atoms with van der Waals surface area (Å²) in [6.45, 7) is 2.51. The number of halogens is 3. The number of amides is 2. The van der Waals surface area contributed by atoms with Gasteiger partial charge in [0.15, 0.2) is 0 Å². The van der Waals surface area contributed by atoms with Crippen LogP contribution in [0.15, 0.2) is 0 Å². The highest BCUT2D eigenvalue weighted by atomic mass is 19.4. The number of nitrogens with two attached hydrogens (primary N) is 1. The molecule has 20 heavy (non-hydrogen) atoms. The van der Waals surface area contributed by atoms with E-state index in [0.717, 1.165) is 0 Å². The third kappa shape index (κ3) is 4.99. The van der Waals surface area contributed by atoms with Crippen LogP contribution in [0.2, 0.25) is 0 Å². The second-order valence-corrected chi connectivity index (χ2v) is 5.46. The fourth-order valence-corrected chi connectivity index (χ4v) is 2.14. The quantitative estimate of drug-likeness (QED) is 0.781. The standard InChI is InChI=1S/C12H20F3N3O2/c1-7(2)5-8(16)10(19)17-9-3-4-18(11(9)20)6-12(13,14)15/h7-9H,3-6,16H2,1-2H3,(H,17,19)/t8-,9?/m0/s1. The highest BCUT2D eigenvalue weighted by molar-refractivity contribution is 5.90. The largest absolute Gasteiger partial charge is 0.406 e. The van der Waals surface area contributed by atoms with Crippen molar-refractivity contribution in [3.8, 4) is 0 Å². The molecule has 116 valence electrons. The summed E-state index contributed by atoms with van der Waals surface area (Å²) in [7, 11) is 0. The summed E-state index contributed by atoms with van der Waals surface area (Å²) < 4.78 is 36.7. The Hall–Kier alpha value is -1.31. The van der Waals surface area contributed by atoms with Crippen LogP contribution in [0, 0.1) is 5.92 Å². The molecular weight excluding hydrogens is 275 g/mol. The van der Waals surface area contributed by atoms with Gasteiger partial charge in [-0.2, -0.15) is 13.2 Å². The molecule has 8 heteroatoms. The van der Waals surface area contributed by atoms with Crippen molar-refractivity contribution in [1.29, 1.82) is 0 Å². The number of alkyl halides is 3. The van der Waals surface area contributed by atoms with Crippen LogP contribution in [0.25, 0.3) is 0 Å². The Labute approximate surface area is 115 Å². The number of hydrogen-bond acceptors (Lipinski definition) is 3. The van der Waals surface area contributed by atoms with Crippen LogP contribution < -0.4 is 11.1 Å². The molecule has 3 N–H and O–H groups in total. The number of rotatable bonds is 5. The first-order chi connectivity index (χ1) is 9.10. The van der Waals surface area contributed by atoms with E-state index in [9.17, 15) is 22.8 Å². The number of nitrogens with zero attached hydrogens (tertiary/aromatic N) is 1. The molecule has 5 nitrogen and oxygen atoms in total. The van der Waals surface area contributed by atoms with E-state index in [1.807, 2.05) is 13.8 Å². The maximum Gasteiger partial charge on any atom is 0.406 e. The molecule has 2 atom stereocenters. The first kappa shape index (κ1) is 16.7. The van der Waals surface area contributed by atoms with Crippen molar-refractivity contribution in [1.82, 2.24) is 10.2 Å². The zero-order valence-corrected chi connectivity index (χ0v) is 11.5. The summed E-state index contributed by atoms with van der Waals surface area (Å²) in [5.41, 5.74) is 5.66. The molecule has 2 amide bonds. The molecule has 0 saturated carbocycles. The van der Waals surface area contributed by atoms with E-state index in [1.54, 1.807) is 0 Å². The maximum atomic E-state index is 12.2. The van der Waals surface area contributed by atoms with Gasteiger partial charge in [0.2, 0.25) is 11.8 Å². The van der Waals surface area contributed by atoms with Crippen molar-refractivity contribution in [2.75, 3.05) is 13.1 Å². The van der Waals surface area contributed by atoms with Gasteiger partial charge >= 0.3 is 6.18 Å². The minimum absolute atomic E-state index is 0.0112. The van der Waals surface area contributed by atoms with Crippen LogP contribution in [0.4, 0.5) is 13.2 Å². The molecule has 1 fully saturated rings. The minimum atomic E-state index is -4.43. The van der Waals surface area contributed by atoms with E-state index in [4.69, 9.17) is 5.73 Å². The molecule has 1 unspecified atom stereocenters. The molecule has 1 aliphatic heterocycles. The van der Waals surface area contributed by atoms with E-state index in [2.05, 4.69) is 5.32 Å². The highest BCUT2D eigenvalue weighted by Crippen LogP contribution is 2.21. The van der Waals surface area contributed by atoms with Crippen LogP contribution >= 0.6 is 0 Å². The molecule has 1 rings (SSSR count). The minimum Gasteiger partial charge on any atom is -0.343 e. The van der Waals surface area contributed by atoms with Crippen LogP contribution in [-0.4, -0.2) is 48.1 Å². The molecule has 0 aromatic carbocycles. The summed E-state index contributed by atoms with van der Waals surface area (Å²) in [5, 5.41) is 2.43. The van der Waals surface area contributed by atoms with Gasteiger partial charge in [0.1, 0.15) is 12.6 Å². The van der Waals surface area contributed by atoms with E-state index in [-0.39, 0.29) is 18.9 Å². The topological polar surface area (TPSA) is 75.4 Å². The Morgan fingerprint density at radius 2 is 2.10 bits per heavy atom. The molecule has 0 bridgehead atoms. The number of carbonyl (C=O) groups excluding carboxylic acids is 2. The van der Waals surface area contributed by atoms with Crippen molar-refractivity contribution < 1.29 is 22.8 Å². The van der Waals surface area contributed by atoms with Crippen LogP contribution in [0.5, 0.6) is 0 Å². The summed E-state index contributed by atoms with van der Waals surface area (Å²) in [4.78, 5) is 24.2. The predicted octanol–water partition coefficient (Wildman–Crippen LogP) is 0.639. The fourth-order valence-electron chi connectivity index (χ4n) is 2.14. The van der Waals surface area contributed by atoms with Gasteiger partial charge in [-0.05, 0) is 18.8 Å². The Balaban J connectivity index is 2.50. The molecule has 1 aliphatic rings. The second-order valence-electron chi connectivity index (χ2n) is 5.46.